The molecule has 0 N–H and O–H groups in total. The lowest BCUT2D eigenvalue weighted by molar-refractivity contribution is -0.00170. The summed E-state index contributed by atoms with van der Waals surface area (Å²) >= 11 is 3.47. The minimum Gasteiger partial charge on any atom is -0.458 e. The molecule has 0 bridgehead atoms. The van der Waals surface area contributed by atoms with Crippen LogP contribution in [0.5, 0.6) is 0 Å². The van der Waals surface area contributed by atoms with Gasteiger partial charge in [-0.25, -0.2) is 9.59 Å². The van der Waals surface area contributed by atoms with E-state index in [-0.39, 0.29) is 6.61 Å². The van der Waals surface area contributed by atoms with Crippen LogP contribution in [0.1, 0.15) is 32.4 Å². The Morgan fingerprint density at radius 3 is 1.85 bits per heavy atom. The van der Waals surface area contributed by atoms with Crippen LogP contribution >= 0.6 is 15.9 Å². The molecule has 1 atom stereocenters. The summed E-state index contributed by atoms with van der Waals surface area (Å²) in [6.45, 7) is -0.0658. The molecule has 0 spiro atoms. The second kappa shape index (κ2) is 7.37. The maximum atomic E-state index is 12.9. The topological polar surface area (TPSA) is 52.6 Å². The van der Waals surface area contributed by atoms with E-state index >= 15 is 0 Å². The zero-order valence-electron chi connectivity index (χ0n) is 14.2. The zero-order chi connectivity index (χ0) is 18.8. The first kappa shape index (κ1) is 17.5. The van der Waals surface area contributed by atoms with E-state index in [2.05, 4.69) is 15.9 Å². The van der Waals surface area contributed by atoms with E-state index in [1.807, 2.05) is 36.4 Å². The molecule has 1 heterocycles. The maximum absolute atomic E-state index is 12.9. The van der Waals surface area contributed by atoms with Gasteiger partial charge in [-0.05, 0) is 29.3 Å². The average Bonchev–Trinajstić information content (AvgIpc) is 2.71. The Balaban J connectivity index is 1.85. The first-order valence-corrected chi connectivity index (χ1v) is 9.25. The molecule has 3 aromatic rings. The molecule has 0 aromatic heterocycles. The van der Waals surface area contributed by atoms with E-state index in [0.717, 1.165) is 10.0 Å². The smallest absolute Gasteiger partial charge is 0.339 e. The number of hydrogen-bond donors (Lipinski definition) is 0. The summed E-state index contributed by atoms with van der Waals surface area (Å²) in [5.41, 5.74) is 2.87. The maximum Gasteiger partial charge on any atom is 0.339 e. The van der Waals surface area contributed by atoms with Gasteiger partial charge in [0.2, 0.25) is 0 Å². The van der Waals surface area contributed by atoms with Crippen LogP contribution in [0.15, 0.2) is 77.3 Å². The molecule has 0 aliphatic carbocycles. The van der Waals surface area contributed by atoms with E-state index in [1.165, 1.54) is 0 Å². The second-order valence-corrected chi connectivity index (χ2v) is 6.96. The van der Waals surface area contributed by atoms with Crippen molar-refractivity contribution >= 4 is 27.9 Å². The number of carbonyl (C=O) groups excluding carboxylic acids is 2. The molecule has 0 amide bonds. The van der Waals surface area contributed by atoms with Gasteiger partial charge in [-0.3, -0.25) is 0 Å². The lowest BCUT2D eigenvalue weighted by atomic mass is 9.95. The molecule has 0 fully saturated rings. The van der Waals surface area contributed by atoms with Crippen molar-refractivity contribution in [3.8, 4) is 11.1 Å². The van der Waals surface area contributed by atoms with Crippen molar-refractivity contribution in [2.75, 3.05) is 6.61 Å². The predicted molar refractivity (Wildman–Crippen MR) is 104 cm³/mol. The first-order valence-electron chi connectivity index (χ1n) is 8.46. The normalized spacial score (nSPS) is 16.6. The molecule has 0 unspecified atom stereocenters. The number of rotatable bonds is 1. The number of halogens is 1. The Labute approximate surface area is 164 Å². The van der Waals surface area contributed by atoms with E-state index in [9.17, 15) is 9.59 Å². The van der Waals surface area contributed by atoms with Crippen LogP contribution in [0.2, 0.25) is 0 Å². The highest BCUT2D eigenvalue weighted by Crippen LogP contribution is 2.33. The molecule has 0 radical (unpaired) electrons. The largest absolute Gasteiger partial charge is 0.458 e. The summed E-state index contributed by atoms with van der Waals surface area (Å²) in [5.74, 6) is -0.908. The quantitative estimate of drug-likeness (QED) is 0.506. The number of cyclic esters (lactones) is 2. The molecule has 27 heavy (non-hydrogen) atoms. The van der Waals surface area contributed by atoms with Crippen molar-refractivity contribution in [2.45, 2.75) is 6.10 Å². The van der Waals surface area contributed by atoms with E-state index in [4.69, 9.17) is 9.47 Å². The third-order valence-corrected chi connectivity index (χ3v) is 5.17. The van der Waals surface area contributed by atoms with Crippen LogP contribution < -0.4 is 0 Å². The molecule has 134 valence electrons. The fourth-order valence-corrected chi connectivity index (χ4v) is 3.68. The number of benzene rings is 3. The Bertz CT molecular complexity index is 1030. The van der Waals surface area contributed by atoms with Crippen molar-refractivity contribution in [1.82, 2.24) is 0 Å². The summed E-state index contributed by atoms with van der Waals surface area (Å²) in [4.78, 5) is 25.6. The molecule has 5 heteroatoms. The summed E-state index contributed by atoms with van der Waals surface area (Å²) in [7, 11) is 0. The van der Waals surface area contributed by atoms with Crippen molar-refractivity contribution in [1.29, 1.82) is 0 Å². The van der Waals surface area contributed by atoms with Crippen molar-refractivity contribution in [3.05, 3.63) is 94.0 Å². The van der Waals surface area contributed by atoms with E-state index < -0.39 is 18.0 Å². The van der Waals surface area contributed by atoms with Gasteiger partial charge in [0.15, 0.2) is 6.10 Å². The van der Waals surface area contributed by atoms with Crippen LogP contribution in [-0.4, -0.2) is 18.5 Å². The Morgan fingerprint density at radius 1 is 0.704 bits per heavy atom. The molecule has 0 saturated heterocycles. The van der Waals surface area contributed by atoms with Gasteiger partial charge >= 0.3 is 11.9 Å². The minimum atomic E-state index is -0.713. The summed E-state index contributed by atoms with van der Waals surface area (Å²) in [6.07, 6.45) is -0.713. The summed E-state index contributed by atoms with van der Waals surface area (Å²) in [5, 5.41) is 0. The number of fused-ring (bicyclic) bond motifs is 3. The predicted octanol–water partition coefficient (Wildman–Crippen LogP) is 5.18. The lowest BCUT2D eigenvalue weighted by Crippen LogP contribution is -2.21. The second-order valence-electron chi connectivity index (χ2n) is 6.11. The average molecular weight is 423 g/mol. The van der Waals surface area contributed by atoms with Gasteiger partial charge in [-0.2, -0.15) is 0 Å². The first-order chi connectivity index (χ1) is 13.1. The SMILES string of the molecule is O=C1OC[C@@H](c2ccccc2Br)OC(=O)c2ccccc2-c2ccccc21. The van der Waals surface area contributed by atoms with Gasteiger partial charge < -0.3 is 9.47 Å². The third kappa shape index (κ3) is 3.38. The van der Waals surface area contributed by atoms with Crippen LogP contribution in [-0.2, 0) is 9.47 Å². The molecule has 3 aromatic carbocycles. The van der Waals surface area contributed by atoms with Crippen molar-refractivity contribution in [3.63, 3.8) is 0 Å². The van der Waals surface area contributed by atoms with Gasteiger partial charge in [-0.1, -0.05) is 70.5 Å². The summed E-state index contributed by atoms with van der Waals surface area (Å²) < 4.78 is 12.0. The molecule has 1 aliphatic rings. The lowest BCUT2D eigenvalue weighted by Gasteiger charge is -2.22. The Morgan fingerprint density at radius 2 is 1.22 bits per heavy atom. The highest BCUT2D eigenvalue weighted by atomic mass is 79.9. The molecule has 0 saturated carbocycles. The summed E-state index contributed by atoms with van der Waals surface area (Å²) in [6, 6.07) is 21.6. The minimum absolute atomic E-state index is 0.0658. The van der Waals surface area contributed by atoms with Gasteiger partial charge in [0.25, 0.3) is 0 Å². The molecular weight excluding hydrogens is 408 g/mol. The third-order valence-electron chi connectivity index (χ3n) is 4.45. The number of ether oxygens (including phenoxy) is 2. The number of carbonyl (C=O) groups is 2. The molecule has 4 nitrogen and oxygen atoms in total. The Hall–Kier alpha value is -2.92. The van der Waals surface area contributed by atoms with Gasteiger partial charge in [0.1, 0.15) is 6.61 Å². The fourth-order valence-electron chi connectivity index (χ4n) is 3.14. The van der Waals surface area contributed by atoms with Gasteiger partial charge in [0.05, 0.1) is 11.1 Å². The molecule has 1 aliphatic heterocycles. The van der Waals surface area contributed by atoms with Crippen LogP contribution in [0.25, 0.3) is 11.1 Å². The number of hydrogen-bond acceptors (Lipinski definition) is 4. The molecular formula is C22H15BrO4. The van der Waals surface area contributed by atoms with E-state index in [1.54, 1.807) is 36.4 Å². The number of esters is 2. The molecule has 4 rings (SSSR count). The van der Waals surface area contributed by atoms with Crippen LogP contribution in [0, 0.1) is 0 Å². The van der Waals surface area contributed by atoms with Crippen LogP contribution in [0.4, 0.5) is 0 Å². The van der Waals surface area contributed by atoms with E-state index in [0.29, 0.717) is 22.3 Å². The fraction of sp³-hybridized carbons (Fsp3) is 0.0909. The highest BCUT2D eigenvalue weighted by Gasteiger charge is 2.27. The van der Waals surface area contributed by atoms with Crippen molar-refractivity contribution < 1.29 is 19.1 Å². The van der Waals surface area contributed by atoms with Gasteiger partial charge in [0, 0.05) is 10.0 Å². The van der Waals surface area contributed by atoms with Crippen LogP contribution in [0.3, 0.4) is 0 Å². The Kier molecular flexibility index (Phi) is 4.77. The highest BCUT2D eigenvalue weighted by molar-refractivity contribution is 9.10. The van der Waals surface area contributed by atoms with Gasteiger partial charge in [-0.15, -0.1) is 0 Å². The monoisotopic (exact) mass is 422 g/mol. The zero-order valence-corrected chi connectivity index (χ0v) is 15.8. The van der Waals surface area contributed by atoms with Crippen molar-refractivity contribution in [2.24, 2.45) is 0 Å². The standard InChI is InChI=1S/C22H15BrO4/c23-19-12-6-5-11-18(19)20-13-26-21(24)16-9-3-1-7-14(16)15-8-2-4-10-17(15)22(25)27-20/h1-12,20H,13H2/t20-/m0/s1.